The number of hydrogen-bond acceptors (Lipinski definition) is 1. The largest absolute Gasteiger partial charge is 0.481 e. The summed E-state index contributed by atoms with van der Waals surface area (Å²) in [5.41, 5.74) is 0. The molecule has 0 spiro atoms. The molecule has 0 aliphatic heterocycles. The maximum absolute atomic E-state index is 9.69. The van der Waals surface area contributed by atoms with Crippen LogP contribution in [-0.2, 0) is 4.79 Å². The molecular weight excluding hydrogens is 78.8 g/mol. The van der Waals surface area contributed by atoms with Gasteiger partial charge in [0, 0.05) is 7.79 Å². The first-order valence-electron chi connectivity index (χ1n) is 2.34. The molecule has 0 saturated heterocycles. The predicted molar refractivity (Wildman–Crippen MR) is 25.6 cm³/mol. The predicted octanol–water partition coefficient (Wildman–Crippen LogP) is -0.488. The van der Waals surface area contributed by atoms with E-state index in [4.69, 9.17) is 6.48 Å². The Balaban J connectivity index is 3.13. The average Bonchev–Trinajstić information content (AvgIpc) is 1.27. The number of rotatable bonds is 2. The first-order valence-corrected chi connectivity index (χ1v) is 1.77. The van der Waals surface area contributed by atoms with Crippen LogP contribution < -0.4 is 0 Å². The maximum Gasteiger partial charge on any atom is 0.302 e. The van der Waals surface area contributed by atoms with Crippen molar-refractivity contribution in [2.75, 3.05) is 0 Å². The van der Waals surface area contributed by atoms with E-state index < -0.39 is 12.3 Å². The first-order chi connectivity index (χ1) is 3.13. The van der Waals surface area contributed by atoms with Crippen LogP contribution in [-0.4, -0.2) is 18.9 Å². The fraction of sp³-hybridized carbons (Fsp3) is 0.667. The van der Waals surface area contributed by atoms with E-state index in [9.17, 15) is 4.79 Å². The van der Waals surface area contributed by atoms with E-state index in [0.717, 1.165) is 0 Å². The molecule has 1 N–H and O–H groups in total. The van der Waals surface area contributed by atoms with E-state index in [1.807, 2.05) is 0 Å². The lowest BCUT2D eigenvalue weighted by atomic mass is 10.0. The average molecular weight is 86.9 g/mol. The Hall–Kier alpha value is -0.465. The van der Waals surface area contributed by atoms with Gasteiger partial charge in [0.2, 0.25) is 0 Å². The highest BCUT2D eigenvalue weighted by atomic mass is 16.4. The molecule has 0 heterocycles. The van der Waals surface area contributed by atoms with Crippen molar-refractivity contribution in [2.24, 2.45) is 0 Å². The Labute approximate surface area is 39.0 Å². The molecule has 0 amide bonds. The second-order valence-electron chi connectivity index (χ2n) is 1.01. The van der Waals surface area contributed by atoms with Crippen LogP contribution in [0.2, 0.25) is 6.30 Å². The second kappa shape index (κ2) is 2.76. The van der Waals surface area contributed by atoms with Crippen molar-refractivity contribution in [1.82, 2.24) is 0 Å². The lowest BCUT2D eigenvalue weighted by molar-refractivity contribution is -0.136. The lowest BCUT2D eigenvalue weighted by Crippen LogP contribution is -1.91. The lowest BCUT2D eigenvalue weighted by Gasteiger charge is -1.79. The SMILES string of the molecule is [2H]C(B)CC(=O)O. The molecule has 0 radical (unpaired) electrons. The number of carboxylic acid groups (broad SMARTS) is 1. The summed E-state index contributed by atoms with van der Waals surface area (Å²) in [7, 11) is 1.55. The molecule has 0 saturated carbocycles. The van der Waals surface area contributed by atoms with Crippen LogP contribution in [0.5, 0.6) is 0 Å². The molecule has 0 rings (SSSR count). The quantitative estimate of drug-likeness (QED) is 0.461. The summed E-state index contributed by atoms with van der Waals surface area (Å²) in [6, 6.07) is 0. The fourth-order valence-corrected chi connectivity index (χ4v) is 0.175. The van der Waals surface area contributed by atoms with Crippen molar-refractivity contribution in [3.05, 3.63) is 0 Å². The van der Waals surface area contributed by atoms with Gasteiger partial charge in [-0.15, -0.1) is 0 Å². The van der Waals surface area contributed by atoms with Gasteiger partial charge >= 0.3 is 5.97 Å². The van der Waals surface area contributed by atoms with Crippen LogP contribution in [0.25, 0.3) is 0 Å². The summed E-state index contributed by atoms with van der Waals surface area (Å²) in [5.74, 6) is -0.900. The minimum Gasteiger partial charge on any atom is -0.481 e. The highest BCUT2D eigenvalue weighted by Crippen LogP contribution is 1.79. The molecule has 0 fully saturated rings. The minimum absolute atomic E-state index is 0.0556. The molecule has 1 atom stereocenters. The van der Waals surface area contributed by atoms with Gasteiger partial charge < -0.3 is 5.11 Å². The summed E-state index contributed by atoms with van der Waals surface area (Å²) >= 11 is 0. The maximum atomic E-state index is 9.69. The van der Waals surface area contributed by atoms with Gasteiger partial charge in [-0.05, 0) is 0 Å². The Morgan fingerprint density at radius 1 is 2.17 bits per heavy atom. The molecule has 1 unspecified atom stereocenters. The topological polar surface area (TPSA) is 37.3 Å². The molecule has 0 aliphatic rings. The molecule has 34 valence electrons. The summed E-state index contributed by atoms with van der Waals surface area (Å²) in [4.78, 5) is 9.69. The molecule has 0 aromatic heterocycles. The van der Waals surface area contributed by atoms with E-state index >= 15 is 0 Å². The van der Waals surface area contributed by atoms with Gasteiger partial charge in [0.25, 0.3) is 0 Å². The zero-order valence-electron chi connectivity index (χ0n) is 4.64. The van der Waals surface area contributed by atoms with Crippen molar-refractivity contribution in [2.45, 2.75) is 12.7 Å². The number of hydrogen-bond donors (Lipinski definition) is 1. The van der Waals surface area contributed by atoms with Crippen molar-refractivity contribution in [3.8, 4) is 0 Å². The second-order valence-corrected chi connectivity index (χ2v) is 1.01. The fourth-order valence-electron chi connectivity index (χ4n) is 0.175. The molecule has 0 bridgehead atoms. The van der Waals surface area contributed by atoms with Crippen molar-refractivity contribution in [3.63, 3.8) is 0 Å². The Kier molecular flexibility index (Phi) is 1.71. The summed E-state index contributed by atoms with van der Waals surface area (Å²) in [6.07, 6.45) is -0.530. The van der Waals surface area contributed by atoms with Crippen LogP contribution in [0.4, 0.5) is 0 Å². The number of carboxylic acids is 1. The highest BCUT2D eigenvalue weighted by molar-refractivity contribution is 6.09. The summed E-state index contributed by atoms with van der Waals surface area (Å²) in [6.45, 7) is 0. The molecule has 0 aromatic carbocycles. The molecule has 6 heavy (non-hydrogen) atoms. The van der Waals surface area contributed by atoms with Gasteiger partial charge in [-0.25, -0.2) is 0 Å². The zero-order chi connectivity index (χ0) is 5.86. The summed E-state index contributed by atoms with van der Waals surface area (Å²) < 4.78 is 6.73. The zero-order valence-corrected chi connectivity index (χ0v) is 3.64. The smallest absolute Gasteiger partial charge is 0.302 e. The summed E-state index contributed by atoms with van der Waals surface area (Å²) in [5, 5.41) is 7.96. The van der Waals surface area contributed by atoms with Crippen LogP contribution in [0.15, 0.2) is 0 Å². The van der Waals surface area contributed by atoms with Crippen molar-refractivity contribution < 1.29 is 11.3 Å². The van der Waals surface area contributed by atoms with Crippen LogP contribution in [0.3, 0.4) is 0 Å². The van der Waals surface area contributed by atoms with Gasteiger partial charge in [0.15, 0.2) is 0 Å². The van der Waals surface area contributed by atoms with Gasteiger partial charge in [-0.1, -0.05) is 6.30 Å². The van der Waals surface area contributed by atoms with E-state index in [0.29, 0.717) is 0 Å². The van der Waals surface area contributed by atoms with Gasteiger partial charge in [0.1, 0.15) is 7.85 Å². The monoisotopic (exact) mass is 87.1 g/mol. The normalized spacial score (nSPS) is 15.7. The van der Waals surface area contributed by atoms with E-state index in [2.05, 4.69) is 0 Å². The minimum atomic E-state index is -0.900. The van der Waals surface area contributed by atoms with Gasteiger partial charge in [-0.2, -0.15) is 0 Å². The van der Waals surface area contributed by atoms with Crippen LogP contribution in [0, 0.1) is 0 Å². The van der Waals surface area contributed by atoms with E-state index in [-0.39, 0.29) is 6.42 Å². The van der Waals surface area contributed by atoms with Crippen molar-refractivity contribution >= 4 is 13.8 Å². The molecular formula is C3H7BO2. The third-order valence-corrected chi connectivity index (χ3v) is 0.379. The molecule has 2 nitrogen and oxygen atoms in total. The third kappa shape index (κ3) is 3.53. The first kappa shape index (κ1) is 3.72. The van der Waals surface area contributed by atoms with Crippen molar-refractivity contribution in [1.29, 1.82) is 0 Å². The van der Waals surface area contributed by atoms with Gasteiger partial charge in [0.05, 0.1) is 0 Å². The molecule has 0 aromatic rings. The third-order valence-electron chi connectivity index (χ3n) is 0.379. The van der Waals surface area contributed by atoms with E-state index in [1.54, 1.807) is 7.85 Å². The van der Waals surface area contributed by atoms with E-state index in [1.165, 1.54) is 0 Å². The molecule has 0 aliphatic carbocycles. The van der Waals surface area contributed by atoms with Crippen LogP contribution in [0.1, 0.15) is 7.79 Å². The highest BCUT2D eigenvalue weighted by Gasteiger charge is 1.87. The number of aliphatic carboxylic acids is 1. The Morgan fingerprint density at radius 3 is 2.67 bits per heavy atom. The Morgan fingerprint density at radius 2 is 2.67 bits per heavy atom. The number of carbonyl (C=O) groups is 1. The standard InChI is InChI=1S/C3H7BO2/c4-2-1-3(5)6/h1-2,4H2,(H,5,6)/i2D. The van der Waals surface area contributed by atoms with Crippen LogP contribution >= 0.6 is 0 Å². The Bertz CT molecular complexity index is 73.3. The van der Waals surface area contributed by atoms with Gasteiger partial charge in [-0.3, -0.25) is 4.79 Å². The molecule has 3 heteroatoms.